The van der Waals surface area contributed by atoms with Gasteiger partial charge in [-0.15, -0.1) is 0 Å². The second-order valence-electron chi connectivity index (χ2n) is 9.72. The van der Waals surface area contributed by atoms with Crippen molar-refractivity contribution in [3.63, 3.8) is 0 Å². The Bertz CT molecular complexity index is 1710. The predicted octanol–water partition coefficient (Wildman–Crippen LogP) is 3.42. The number of benzene rings is 1. The molecule has 40 heavy (non-hydrogen) atoms. The number of anilines is 3. The normalized spacial score (nSPS) is 13.9. The van der Waals surface area contributed by atoms with Crippen molar-refractivity contribution in [2.45, 2.75) is 0 Å². The van der Waals surface area contributed by atoms with E-state index in [0.29, 0.717) is 39.7 Å². The number of aromatic amines is 1. The second-order valence-corrected chi connectivity index (χ2v) is 9.72. The zero-order chi connectivity index (χ0) is 27.6. The van der Waals surface area contributed by atoms with E-state index in [-0.39, 0.29) is 11.6 Å². The van der Waals surface area contributed by atoms with Crippen LogP contribution in [0.3, 0.4) is 0 Å². The molecule has 1 saturated heterocycles. The average Bonchev–Trinajstić information content (AvgIpc) is 3.43. The number of aromatic nitrogens is 5. The molecule has 5 heterocycles. The van der Waals surface area contributed by atoms with Crippen LogP contribution in [-0.2, 0) is 0 Å². The molecule has 1 amide bonds. The van der Waals surface area contributed by atoms with Gasteiger partial charge in [0, 0.05) is 43.5 Å². The number of hydrogen-bond acceptors (Lipinski definition) is 9. The van der Waals surface area contributed by atoms with Crippen LogP contribution in [-0.4, -0.2) is 74.7 Å². The van der Waals surface area contributed by atoms with Gasteiger partial charge in [0.25, 0.3) is 5.91 Å². The summed E-state index contributed by atoms with van der Waals surface area (Å²) in [5.74, 6) is 0.124. The molecule has 0 spiro atoms. The molecule has 5 N–H and O–H groups in total. The molecule has 1 fully saturated rings. The van der Waals surface area contributed by atoms with E-state index in [4.69, 9.17) is 21.1 Å². The lowest BCUT2D eigenvalue weighted by molar-refractivity contribution is 0.102. The van der Waals surface area contributed by atoms with Crippen LogP contribution in [0, 0.1) is 5.41 Å². The number of pyridine rings is 3. The molecule has 4 aromatic heterocycles. The lowest BCUT2D eigenvalue weighted by atomic mass is 10.1. The summed E-state index contributed by atoms with van der Waals surface area (Å²) in [6, 6.07) is 14.2. The topological polar surface area (TPSA) is 153 Å². The minimum absolute atomic E-state index is 0.0707. The number of carbonyl (C=O) groups is 1. The third-order valence-electron chi connectivity index (χ3n) is 6.95. The fourth-order valence-electron chi connectivity index (χ4n) is 4.70. The van der Waals surface area contributed by atoms with E-state index in [1.54, 1.807) is 48.9 Å². The van der Waals surface area contributed by atoms with E-state index in [1.165, 1.54) is 0 Å². The fourth-order valence-corrected chi connectivity index (χ4v) is 4.70. The Hall–Kier alpha value is -5.16. The quantitative estimate of drug-likeness (QED) is 0.243. The van der Waals surface area contributed by atoms with Crippen molar-refractivity contribution in [1.29, 1.82) is 5.41 Å². The largest absolute Gasteiger partial charge is 0.397 e. The lowest BCUT2D eigenvalue weighted by Crippen LogP contribution is -2.44. The summed E-state index contributed by atoms with van der Waals surface area (Å²) in [6.07, 6.45) is 6.77. The number of likely N-dealkylation sites (N-methyl/N-ethyl adjacent to an activating group) is 1. The zero-order valence-electron chi connectivity index (χ0n) is 21.9. The number of imidazole rings is 1. The fraction of sp³-hybridized carbons (Fsp3) is 0.172. The van der Waals surface area contributed by atoms with Gasteiger partial charge >= 0.3 is 0 Å². The van der Waals surface area contributed by atoms with Crippen LogP contribution in [0.25, 0.3) is 22.3 Å². The van der Waals surface area contributed by atoms with Crippen LogP contribution in [0.15, 0.2) is 73.3 Å². The summed E-state index contributed by atoms with van der Waals surface area (Å²) in [5, 5.41) is 11.8. The van der Waals surface area contributed by atoms with Crippen molar-refractivity contribution in [2.24, 2.45) is 0 Å². The molecule has 1 aromatic carbocycles. The third kappa shape index (κ3) is 4.97. The number of hydrogen-bond donors (Lipinski definition) is 4. The number of fused-ring (bicyclic) bond motifs is 1. The van der Waals surface area contributed by atoms with E-state index >= 15 is 0 Å². The number of rotatable bonds is 6. The number of piperazine rings is 1. The molecule has 0 atom stereocenters. The maximum Gasteiger partial charge on any atom is 0.255 e. The predicted molar refractivity (Wildman–Crippen MR) is 156 cm³/mol. The van der Waals surface area contributed by atoms with E-state index in [9.17, 15) is 4.79 Å². The highest BCUT2D eigenvalue weighted by atomic mass is 16.1. The van der Waals surface area contributed by atoms with Crippen molar-refractivity contribution >= 4 is 39.7 Å². The first-order valence-corrected chi connectivity index (χ1v) is 12.9. The molecule has 0 unspecified atom stereocenters. The SMILES string of the molecule is CN1CCN(c2cncc3[nH]c(C(=N)c4nc(-c5cncc(NC(=O)c6ccccc6)c5)ccc4N)nc23)CC1. The van der Waals surface area contributed by atoms with Crippen molar-refractivity contribution in [3.8, 4) is 11.3 Å². The highest BCUT2D eigenvalue weighted by molar-refractivity contribution is 6.12. The molecule has 11 heteroatoms. The highest BCUT2D eigenvalue weighted by Crippen LogP contribution is 2.27. The molecular weight excluding hydrogens is 504 g/mol. The van der Waals surface area contributed by atoms with Crippen LogP contribution in [0.2, 0.25) is 0 Å². The second kappa shape index (κ2) is 10.5. The zero-order valence-corrected chi connectivity index (χ0v) is 21.9. The molecule has 11 nitrogen and oxygen atoms in total. The van der Waals surface area contributed by atoms with Crippen LogP contribution < -0.4 is 16.0 Å². The van der Waals surface area contributed by atoms with Crippen molar-refractivity contribution in [1.82, 2.24) is 29.8 Å². The van der Waals surface area contributed by atoms with Crippen molar-refractivity contribution < 1.29 is 4.79 Å². The third-order valence-corrected chi connectivity index (χ3v) is 6.95. The van der Waals surface area contributed by atoms with Gasteiger partial charge in [-0.3, -0.25) is 20.2 Å². The Kier molecular flexibility index (Phi) is 6.62. The molecule has 5 aromatic rings. The highest BCUT2D eigenvalue weighted by Gasteiger charge is 2.21. The molecule has 0 aliphatic carbocycles. The molecule has 6 rings (SSSR count). The van der Waals surface area contributed by atoms with E-state index < -0.39 is 0 Å². The average molecular weight is 533 g/mol. The first-order valence-electron chi connectivity index (χ1n) is 12.9. The van der Waals surface area contributed by atoms with Crippen molar-refractivity contribution in [3.05, 3.63) is 90.4 Å². The maximum atomic E-state index is 12.6. The van der Waals surface area contributed by atoms with Crippen LogP contribution >= 0.6 is 0 Å². The Morgan fingerprint density at radius 3 is 2.55 bits per heavy atom. The molecular formula is C29H28N10O. The number of nitrogens with two attached hydrogens (primary N) is 1. The first kappa shape index (κ1) is 25.1. The van der Waals surface area contributed by atoms with Crippen molar-refractivity contribution in [2.75, 3.05) is 49.2 Å². The van der Waals surface area contributed by atoms with Gasteiger partial charge in [0.2, 0.25) is 0 Å². The molecule has 200 valence electrons. The Morgan fingerprint density at radius 2 is 1.75 bits per heavy atom. The summed E-state index contributed by atoms with van der Waals surface area (Å²) in [6.45, 7) is 3.68. The molecule has 0 saturated carbocycles. The monoisotopic (exact) mass is 532 g/mol. The summed E-state index contributed by atoms with van der Waals surface area (Å²) in [7, 11) is 2.11. The van der Waals surface area contributed by atoms with Gasteiger partial charge < -0.3 is 25.8 Å². The Balaban J connectivity index is 1.28. The summed E-state index contributed by atoms with van der Waals surface area (Å²) in [5.41, 5.74) is 11.8. The molecule has 1 aliphatic heterocycles. The van der Waals surface area contributed by atoms with Gasteiger partial charge in [0.15, 0.2) is 5.82 Å². The van der Waals surface area contributed by atoms with Gasteiger partial charge in [-0.2, -0.15) is 0 Å². The number of amides is 1. The summed E-state index contributed by atoms with van der Waals surface area (Å²) < 4.78 is 0. The minimum atomic E-state index is -0.234. The van der Waals surface area contributed by atoms with E-state index in [0.717, 1.165) is 42.9 Å². The Labute approximate surface area is 230 Å². The van der Waals surface area contributed by atoms with Crippen LogP contribution in [0.5, 0.6) is 0 Å². The molecule has 0 bridgehead atoms. The van der Waals surface area contributed by atoms with Gasteiger partial charge in [-0.1, -0.05) is 18.2 Å². The lowest BCUT2D eigenvalue weighted by Gasteiger charge is -2.33. The van der Waals surface area contributed by atoms with E-state index in [2.05, 4.69) is 37.1 Å². The molecule has 1 aliphatic rings. The van der Waals surface area contributed by atoms with E-state index in [1.807, 2.05) is 24.4 Å². The van der Waals surface area contributed by atoms with Crippen LogP contribution in [0.1, 0.15) is 21.9 Å². The van der Waals surface area contributed by atoms with Gasteiger partial charge in [0.05, 0.1) is 46.9 Å². The molecule has 0 radical (unpaired) electrons. The van der Waals surface area contributed by atoms with Gasteiger partial charge in [-0.25, -0.2) is 9.97 Å². The smallest absolute Gasteiger partial charge is 0.255 e. The maximum absolute atomic E-state index is 12.6. The number of nitrogens with zero attached hydrogens (tertiary/aromatic N) is 6. The number of nitrogen functional groups attached to an aromatic ring is 1. The standard InChI is InChI=1S/C29H28N10O/c1-38-9-11-39(12-10-38)24-17-33-16-23-27(24)37-28(36-23)25(31)26-21(30)7-8-22(35-26)19-13-20(15-32-14-19)34-29(40)18-5-3-2-4-6-18/h2-8,13-17,31H,9-12,30H2,1H3,(H,34,40)(H,36,37). The van der Waals surface area contributed by atoms with Crippen LogP contribution in [0.4, 0.5) is 17.1 Å². The Morgan fingerprint density at radius 1 is 0.975 bits per heavy atom. The van der Waals surface area contributed by atoms with Gasteiger partial charge in [-0.05, 0) is 37.4 Å². The van der Waals surface area contributed by atoms with Gasteiger partial charge in [0.1, 0.15) is 16.9 Å². The first-order chi connectivity index (χ1) is 19.5. The summed E-state index contributed by atoms with van der Waals surface area (Å²) in [4.78, 5) is 38.5. The number of carbonyl (C=O) groups excluding carboxylic acids is 1. The number of H-pyrrole nitrogens is 1. The summed E-state index contributed by atoms with van der Waals surface area (Å²) >= 11 is 0. The number of nitrogens with one attached hydrogen (secondary N) is 3. The minimum Gasteiger partial charge on any atom is -0.397 e.